The number of rotatable bonds is 6. The quantitative estimate of drug-likeness (QED) is 0.677. The van der Waals surface area contributed by atoms with Gasteiger partial charge in [0.15, 0.2) is 11.5 Å². The zero-order valence-corrected chi connectivity index (χ0v) is 17.4. The van der Waals surface area contributed by atoms with Crippen molar-refractivity contribution in [3.8, 4) is 11.5 Å². The molecule has 1 aromatic carbocycles. The fourth-order valence-electron chi connectivity index (χ4n) is 3.72. The van der Waals surface area contributed by atoms with Gasteiger partial charge in [-0.05, 0) is 29.8 Å². The number of carbonyl (C=O) groups is 1. The molecule has 1 aliphatic heterocycles. The topological polar surface area (TPSA) is 71.3 Å². The SMILES string of the molecule is COc1ccc(CNC(=O)N2CCN(Cc3cnc4ccccn34)CC2)cc1OC. The van der Waals surface area contributed by atoms with Gasteiger partial charge in [-0.3, -0.25) is 4.90 Å². The summed E-state index contributed by atoms with van der Waals surface area (Å²) in [4.78, 5) is 21.2. The molecule has 0 aliphatic carbocycles. The van der Waals surface area contributed by atoms with Gasteiger partial charge in [0.05, 0.1) is 26.1 Å². The molecular formula is C22H27N5O3. The molecule has 3 heterocycles. The van der Waals surface area contributed by atoms with Crippen LogP contribution in [0.25, 0.3) is 5.65 Å². The summed E-state index contributed by atoms with van der Waals surface area (Å²) in [7, 11) is 3.21. The number of nitrogens with zero attached hydrogens (tertiary/aromatic N) is 4. The van der Waals surface area contributed by atoms with Crippen molar-refractivity contribution in [1.82, 2.24) is 24.5 Å². The maximum atomic E-state index is 12.6. The van der Waals surface area contributed by atoms with Crippen molar-refractivity contribution < 1.29 is 14.3 Å². The van der Waals surface area contributed by atoms with Crippen molar-refractivity contribution in [1.29, 1.82) is 0 Å². The third kappa shape index (κ3) is 4.33. The van der Waals surface area contributed by atoms with Crippen molar-refractivity contribution in [3.63, 3.8) is 0 Å². The Morgan fingerprint density at radius 1 is 1.07 bits per heavy atom. The number of benzene rings is 1. The molecule has 158 valence electrons. The maximum Gasteiger partial charge on any atom is 0.317 e. The van der Waals surface area contributed by atoms with Gasteiger partial charge in [0, 0.05) is 45.5 Å². The minimum atomic E-state index is -0.0424. The van der Waals surface area contributed by atoms with Crippen LogP contribution in [0.3, 0.4) is 0 Å². The monoisotopic (exact) mass is 409 g/mol. The lowest BCUT2D eigenvalue weighted by atomic mass is 10.2. The summed E-state index contributed by atoms with van der Waals surface area (Å²) in [6, 6.07) is 11.6. The van der Waals surface area contributed by atoms with Gasteiger partial charge in [-0.25, -0.2) is 9.78 Å². The summed E-state index contributed by atoms with van der Waals surface area (Å²) in [5.41, 5.74) is 3.09. The molecule has 4 rings (SSSR count). The highest BCUT2D eigenvalue weighted by Gasteiger charge is 2.21. The number of amides is 2. The average Bonchev–Trinajstić information content (AvgIpc) is 3.20. The normalized spacial score (nSPS) is 14.7. The number of urea groups is 1. The lowest BCUT2D eigenvalue weighted by Gasteiger charge is -2.34. The van der Waals surface area contributed by atoms with Crippen LogP contribution in [-0.2, 0) is 13.1 Å². The van der Waals surface area contributed by atoms with Gasteiger partial charge in [0.2, 0.25) is 0 Å². The molecule has 8 heteroatoms. The molecule has 1 fully saturated rings. The van der Waals surface area contributed by atoms with Gasteiger partial charge in [-0.2, -0.15) is 0 Å². The third-order valence-corrected chi connectivity index (χ3v) is 5.43. The molecule has 0 radical (unpaired) electrons. The van der Waals surface area contributed by atoms with Crippen LogP contribution in [0.5, 0.6) is 11.5 Å². The van der Waals surface area contributed by atoms with Gasteiger partial charge in [-0.15, -0.1) is 0 Å². The van der Waals surface area contributed by atoms with E-state index in [-0.39, 0.29) is 6.03 Å². The van der Waals surface area contributed by atoms with Crippen LogP contribution in [-0.4, -0.2) is 65.6 Å². The Hall–Kier alpha value is -3.26. The Morgan fingerprint density at radius 2 is 1.87 bits per heavy atom. The standard InChI is InChI=1S/C22H27N5O3/c1-29-19-7-6-17(13-20(19)30-2)14-24-22(28)26-11-9-25(10-12-26)16-18-15-23-21-5-3-4-8-27(18)21/h3-8,13,15H,9-12,14,16H2,1-2H3,(H,24,28). The Kier molecular flexibility index (Phi) is 6.04. The number of aromatic nitrogens is 2. The molecule has 30 heavy (non-hydrogen) atoms. The summed E-state index contributed by atoms with van der Waals surface area (Å²) in [6.07, 6.45) is 3.97. The number of pyridine rings is 1. The Balaban J connectivity index is 1.27. The number of hydrogen-bond donors (Lipinski definition) is 1. The number of carbonyl (C=O) groups excluding carboxylic acids is 1. The number of nitrogens with one attached hydrogen (secondary N) is 1. The highest BCUT2D eigenvalue weighted by atomic mass is 16.5. The van der Waals surface area contributed by atoms with E-state index in [1.807, 2.05) is 53.7 Å². The van der Waals surface area contributed by atoms with E-state index in [4.69, 9.17) is 9.47 Å². The fraction of sp³-hybridized carbons (Fsp3) is 0.364. The van der Waals surface area contributed by atoms with Gasteiger partial charge in [0.25, 0.3) is 0 Å². The second-order valence-electron chi connectivity index (χ2n) is 7.29. The van der Waals surface area contributed by atoms with E-state index < -0.39 is 0 Å². The van der Waals surface area contributed by atoms with Crippen LogP contribution in [0.1, 0.15) is 11.3 Å². The number of ether oxygens (including phenoxy) is 2. The van der Waals surface area contributed by atoms with Crippen molar-refractivity contribution >= 4 is 11.7 Å². The molecule has 3 aromatic rings. The van der Waals surface area contributed by atoms with Gasteiger partial charge < -0.3 is 24.1 Å². The van der Waals surface area contributed by atoms with E-state index in [1.54, 1.807) is 14.2 Å². The highest BCUT2D eigenvalue weighted by molar-refractivity contribution is 5.74. The summed E-state index contributed by atoms with van der Waals surface area (Å²) < 4.78 is 12.7. The smallest absolute Gasteiger partial charge is 0.317 e. The molecule has 1 saturated heterocycles. The number of fused-ring (bicyclic) bond motifs is 1. The molecule has 0 atom stereocenters. The van der Waals surface area contributed by atoms with Crippen LogP contribution in [0.4, 0.5) is 4.79 Å². The van der Waals surface area contributed by atoms with Crippen LogP contribution in [0, 0.1) is 0 Å². The number of methoxy groups -OCH3 is 2. The lowest BCUT2D eigenvalue weighted by molar-refractivity contribution is 0.134. The molecule has 2 aromatic heterocycles. The summed E-state index contributed by atoms with van der Waals surface area (Å²) in [6.45, 7) is 4.35. The van der Waals surface area contributed by atoms with Gasteiger partial charge in [-0.1, -0.05) is 12.1 Å². The lowest BCUT2D eigenvalue weighted by Crippen LogP contribution is -2.51. The van der Waals surface area contributed by atoms with Crippen molar-refractivity contribution in [2.24, 2.45) is 0 Å². The van der Waals surface area contributed by atoms with Crippen molar-refractivity contribution in [2.75, 3.05) is 40.4 Å². The van der Waals surface area contributed by atoms with Crippen LogP contribution in [0.2, 0.25) is 0 Å². The van der Waals surface area contributed by atoms with Gasteiger partial charge in [0.1, 0.15) is 5.65 Å². The van der Waals surface area contributed by atoms with Crippen molar-refractivity contribution in [3.05, 3.63) is 60.0 Å². The van der Waals surface area contributed by atoms with E-state index in [9.17, 15) is 4.79 Å². The first kappa shape index (κ1) is 20.0. The Morgan fingerprint density at radius 3 is 2.63 bits per heavy atom. The summed E-state index contributed by atoms with van der Waals surface area (Å²) in [5.74, 6) is 1.33. The number of piperazine rings is 1. The first-order valence-corrected chi connectivity index (χ1v) is 10.0. The molecule has 0 spiro atoms. The highest BCUT2D eigenvalue weighted by Crippen LogP contribution is 2.27. The van der Waals surface area contributed by atoms with Crippen LogP contribution in [0.15, 0.2) is 48.8 Å². The molecule has 1 aliphatic rings. The molecule has 1 N–H and O–H groups in total. The first-order valence-electron chi connectivity index (χ1n) is 10.0. The molecule has 2 amide bonds. The minimum Gasteiger partial charge on any atom is -0.493 e. The summed E-state index contributed by atoms with van der Waals surface area (Å²) >= 11 is 0. The Bertz CT molecular complexity index is 1010. The molecule has 0 saturated carbocycles. The first-order chi connectivity index (χ1) is 14.7. The predicted octanol–water partition coefficient (Wildman–Crippen LogP) is 2.38. The number of hydrogen-bond acceptors (Lipinski definition) is 5. The second kappa shape index (κ2) is 9.04. The Labute approximate surface area is 176 Å². The van der Waals surface area contributed by atoms with Gasteiger partial charge >= 0.3 is 6.03 Å². The van der Waals surface area contributed by atoms with E-state index in [0.29, 0.717) is 31.1 Å². The van der Waals surface area contributed by atoms with Crippen LogP contribution >= 0.6 is 0 Å². The predicted molar refractivity (Wildman–Crippen MR) is 114 cm³/mol. The molecule has 0 unspecified atom stereocenters. The fourth-order valence-corrected chi connectivity index (χ4v) is 3.72. The van der Waals surface area contributed by atoms with E-state index in [1.165, 1.54) is 0 Å². The summed E-state index contributed by atoms with van der Waals surface area (Å²) in [5, 5.41) is 3.00. The zero-order chi connectivity index (χ0) is 20.9. The third-order valence-electron chi connectivity index (χ3n) is 5.43. The van der Waals surface area contributed by atoms with E-state index in [2.05, 4.69) is 19.6 Å². The number of imidazole rings is 1. The second-order valence-corrected chi connectivity index (χ2v) is 7.29. The van der Waals surface area contributed by atoms with E-state index >= 15 is 0 Å². The van der Waals surface area contributed by atoms with Crippen LogP contribution < -0.4 is 14.8 Å². The van der Waals surface area contributed by atoms with E-state index in [0.717, 1.165) is 36.5 Å². The maximum absolute atomic E-state index is 12.6. The zero-order valence-electron chi connectivity index (χ0n) is 17.4. The molecule has 0 bridgehead atoms. The largest absolute Gasteiger partial charge is 0.493 e. The average molecular weight is 409 g/mol. The molecular weight excluding hydrogens is 382 g/mol. The van der Waals surface area contributed by atoms with Crippen molar-refractivity contribution in [2.45, 2.75) is 13.1 Å². The minimum absolute atomic E-state index is 0.0424. The molecule has 8 nitrogen and oxygen atoms in total.